The molecule has 0 radical (unpaired) electrons. The molecule has 0 aliphatic heterocycles. The van der Waals surface area contributed by atoms with Gasteiger partial charge in [-0.1, -0.05) is 15.9 Å². The Labute approximate surface area is 108 Å². The highest BCUT2D eigenvalue weighted by Crippen LogP contribution is 2.26. The fourth-order valence-corrected chi connectivity index (χ4v) is 2.54. The Bertz CT molecular complexity index is 605. The molecule has 0 atom stereocenters. The van der Waals surface area contributed by atoms with Gasteiger partial charge in [0.25, 0.3) is 0 Å². The molecule has 4 heteroatoms. The molecule has 1 aliphatic rings. The molecule has 0 bridgehead atoms. The smallest absolute Gasteiger partial charge is 0.147 e. The molecule has 3 nitrogen and oxygen atoms in total. The van der Waals surface area contributed by atoms with Gasteiger partial charge in [0.2, 0.25) is 0 Å². The fraction of sp³-hybridized carbons (Fsp3) is 0.231. The van der Waals surface area contributed by atoms with Crippen molar-refractivity contribution in [2.24, 2.45) is 0 Å². The van der Waals surface area contributed by atoms with E-state index in [1.165, 1.54) is 0 Å². The van der Waals surface area contributed by atoms with Gasteiger partial charge >= 0.3 is 0 Å². The van der Waals surface area contributed by atoms with Crippen LogP contribution in [0, 0.1) is 11.3 Å². The Balaban J connectivity index is 2.16. The summed E-state index contributed by atoms with van der Waals surface area (Å²) in [5, 5.41) is 13.8. The zero-order valence-electron chi connectivity index (χ0n) is 9.15. The van der Waals surface area contributed by atoms with E-state index < -0.39 is 0 Å². The lowest BCUT2D eigenvalue weighted by Gasteiger charge is -2.03. The molecule has 17 heavy (non-hydrogen) atoms. The van der Waals surface area contributed by atoms with Gasteiger partial charge in [-0.15, -0.1) is 0 Å². The lowest BCUT2D eigenvalue weighted by Crippen LogP contribution is -2.01. The SMILES string of the molecule is N#Cc1c2c(nn1-c1ccc(Br)cc1)CCC2. The summed E-state index contributed by atoms with van der Waals surface area (Å²) in [7, 11) is 0. The summed E-state index contributed by atoms with van der Waals surface area (Å²) in [4.78, 5) is 0. The molecule has 1 aromatic carbocycles. The zero-order chi connectivity index (χ0) is 11.8. The first-order valence-corrected chi connectivity index (χ1v) is 6.35. The van der Waals surface area contributed by atoms with Gasteiger partial charge in [0.1, 0.15) is 11.8 Å². The Morgan fingerprint density at radius 1 is 1.24 bits per heavy atom. The first kappa shape index (κ1) is 10.5. The molecule has 1 aliphatic carbocycles. The van der Waals surface area contributed by atoms with Gasteiger partial charge in [0.05, 0.1) is 11.4 Å². The summed E-state index contributed by atoms with van der Waals surface area (Å²) in [6.45, 7) is 0. The molecule has 1 aromatic heterocycles. The van der Waals surface area contributed by atoms with E-state index in [4.69, 9.17) is 0 Å². The van der Waals surface area contributed by atoms with E-state index in [1.54, 1.807) is 4.68 Å². The Kier molecular flexibility index (Phi) is 2.49. The Hall–Kier alpha value is -1.60. The van der Waals surface area contributed by atoms with Crippen molar-refractivity contribution in [3.63, 3.8) is 0 Å². The van der Waals surface area contributed by atoms with Gasteiger partial charge in [-0.25, -0.2) is 4.68 Å². The number of hydrogen-bond acceptors (Lipinski definition) is 2. The number of benzene rings is 1. The van der Waals surface area contributed by atoms with Crippen LogP contribution < -0.4 is 0 Å². The van der Waals surface area contributed by atoms with Crippen LogP contribution in [0.2, 0.25) is 0 Å². The van der Waals surface area contributed by atoms with Crippen LogP contribution in [0.15, 0.2) is 28.7 Å². The average Bonchev–Trinajstić information content (AvgIpc) is 2.89. The predicted molar refractivity (Wildman–Crippen MR) is 68.0 cm³/mol. The molecule has 0 fully saturated rings. The summed E-state index contributed by atoms with van der Waals surface area (Å²) in [6, 6.07) is 10.1. The van der Waals surface area contributed by atoms with Crippen LogP contribution in [0.3, 0.4) is 0 Å². The molecule has 3 rings (SSSR count). The molecular formula is C13H10BrN3. The van der Waals surface area contributed by atoms with Crippen LogP contribution in [-0.2, 0) is 12.8 Å². The third-order valence-corrected chi connectivity index (χ3v) is 3.61. The van der Waals surface area contributed by atoms with Gasteiger partial charge in [-0.05, 0) is 43.5 Å². The van der Waals surface area contributed by atoms with Crippen molar-refractivity contribution in [1.29, 1.82) is 5.26 Å². The van der Waals surface area contributed by atoms with Crippen molar-refractivity contribution in [1.82, 2.24) is 9.78 Å². The second kappa shape index (κ2) is 4.01. The molecule has 0 saturated heterocycles. The van der Waals surface area contributed by atoms with E-state index in [1.807, 2.05) is 24.3 Å². The lowest BCUT2D eigenvalue weighted by molar-refractivity contribution is 0.792. The summed E-state index contributed by atoms with van der Waals surface area (Å²) in [5.74, 6) is 0. The van der Waals surface area contributed by atoms with E-state index >= 15 is 0 Å². The normalized spacial score (nSPS) is 13.4. The minimum absolute atomic E-state index is 0.694. The van der Waals surface area contributed by atoms with Crippen LogP contribution >= 0.6 is 15.9 Å². The van der Waals surface area contributed by atoms with Gasteiger partial charge in [0, 0.05) is 10.0 Å². The fourth-order valence-electron chi connectivity index (χ4n) is 2.28. The first-order valence-electron chi connectivity index (χ1n) is 5.56. The van der Waals surface area contributed by atoms with Crippen molar-refractivity contribution in [2.45, 2.75) is 19.3 Å². The van der Waals surface area contributed by atoms with Gasteiger partial charge in [-0.3, -0.25) is 0 Å². The number of rotatable bonds is 1. The summed E-state index contributed by atoms with van der Waals surface area (Å²) >= 11 is 3.40. The van der Waals surface area contributed by atoms with Crippen molar-refractivity contribution in [3.8, 4) is 11.8 Å². The first-order chi connectivity index (χ1) is 8.29. The van der Waals surface area contributed by atoms with Crippen molar-refractivity contribution >= 4 is 15.9 Å². The molecule has 0 N–H and O–H groups in total. The molecule has 0 unspecified atom stereocenters. The number of aromatic nitrogens is 2. The Morgan fingerprint density at radius 3 is 2.71 bits per heavy atom. The molecule has 0 spiro atoms. The predicted octanol–water partition coefficient (Wildman–Crippen LogP) is 3.00. The minimum atomic E-state index is 0.694. The largest absolute Gasteiger partial charge is 0.222 e. The minimum Gasteiger partial charge on any atom is -0.222 e. The van der Waals surface area contributed by atoms with Crippen LogP contribution in [0.5, 0.6) is 0 Å². The Morgan fingerprint density at radius 2 is 2.00 bits per heavy atom. The average molecular weight is 288 g/mol. The molecule has 0 amide bonds. The van der Waals surface area contributed by atoms with E-state index in [2.05, 4.69) is 27.1 Å². The highest BCUT2D eigenvalue weighted by Gasteiger charge is 2.22. The maximum absolute atomic E-state index is 9.27. The second-order valence-corrected chi connectivity index (χ2v) is 5.04. The molecule has 0 saturated carbocycles. The maximum Gasteiger partial charge on any atom is 0.147 e. The third kappa shape index (κ3) is 1.67. The molecule has 2 aromatic rings. The summed E-state index contributed by atoms with van der Waals surface area (Å²) in [5.41, 5.74) is 3.86. The number of halogens is 1. The third-order valence-electron chi connectivity index (χ3n) is 3.08. The van der Waals surface area contributed by atoms with Crippen LogP contribution in [0.4, 0.5) is 0 Å². The second-order valence-electron chi connectivity index (χ2n) is 4.13. The van der Waals surface area contributed by atoms with E-state index in [0.717, 1.165) is 40.7 Å². The quantitative estimate of drug-likeness (QED) is 0.809. The van der Waals surface area contributed by atoms with Crippen molar-refractivity contribution < 1.29 is 0 Å². The lowest BCUT2D eigenvalue weighted by atomic mass is 10.2. The number of fused-ring (bicyclic) bond motifs is 1. The van der Waals surface area contributed by atoms with Crippen LogP contribution in [-0.4, -0.2) is 9.78 Å². The number of hydrogen-bond donors (Lipinski definition) is 0. The van der Waals surface area contributed by atoms with Crippen LogP contribution in [0.1, 0.15) is 23.4 Å². The number of aryl methyl sites for hydroxylation is 1. The summed E-state index contributed by atoms with van der Waals surface area (Å²) in [6.07, 6.45) is 3.09. The highest BCUT2D eigenvalue weighted by molar-refractivity contribution is 9.10. The topological polar surface area (TPSA) is 41.6 Å². The van der Waals surface area contributed by atoms with Crippen LogP contribution in [0.25, 0.3) is 5.69 Å². The van der Waals surface area contributed by atoms with E-state index in [0.29, 0.717) is 5.69 Å². The maximum atomic E-state index is 9.27. The van der Waals surface area contributed by atoms with Gasteiger partial charge in [0.15, 0.2) is 0 Å². The van der Waals surface area contributed by atoms with Crippen molar-refractivity contribution in [3.05, 3.63) is 45.7 Å². The molecule has 84 valence electrons. The summed E-state index contributed by atoms with van der Waals surface area (Å²) < 4.78 is 2.79. The molecule has 1 heterocycles. The number of nitrogens with zero attached hydrogens (tertiary/aromatic N) is 3. The van der Waals surface area contributed by atoms with E-state index in [-0.39, 0.29) is 0 Å². The standard InChI is InChI=1S/C13H10BrN3/c14-9-4-6-10(7-5-9)17-13(8-15)11-2-1-3-12(11)16-17/h4-7H,1-3H2. The number of nitriles is 1. The van der Waals surface area contributed by atoms with Gasteiger partial charge in [-0.2, -0.15) is 10.4 Å². The van der Waals surface area contributed by atoms with Crippen molar-refractivity contribution in [2.75, 3.05) is 0 Å². The monoisotopic (exact) mass is 287 g/mol. The van der Waals surface area contributed by atoms with Gasteiger partial charge < -0.3 is 0 Å². The molecular weight excluding hydrogens is 278 g/mol. The highest BCUT2D eigenvalue weighted by atomic mass is 79.9. The zero-order valence-corrected chi connectivity index (χ0v) is 10.7. The van der Waals surface area contributed by atoms with E-state index in [9.17, 15) is 5.26 Å².